The summed E-state index contributed by atoms with van der Waals surface area (Å²) in [5.74, 6) is 0. The molecule has 1 amide bonds. The zero-order chi connectivity index (χ0) is 8.27. The van der Waals surface area contributed by atoms with E-state index < -0.39 is 0 Å². The Morgan fingerprint density at radius 2 is 2.27 bits per heavy atom. The van der Waals surface area contributed by atoms with E-state index in [0.717, 1.165) is 4.47 Å². The van der Waals surface area contributed by atoms with Gasteiger partial charge < -0.3 is 5.32 Å². The van der Waals surface area contributed by atoms with Crippen LogP contribution in [0, 0.1) is 0 Å². The van der Waals surface area contributed by atoms with Crippen LogP contribution < -0.4 is 5.32 Å². The molecule has 0 aliphatic heterocycles. The lowest BCUT2D eigenvalue weighted by Gasteiger charge is -2.00. The first kappa shape index (κ1) is 8.67. The van der Waals surface area contributed by atoms with Crippen LogP contribution in [0.1, 0.15) is 0 Å². The SMILES string of the molecule is O=CNc1cc(Br)cnc1Br. The van der Waals surface area contributed by atoms with E-state index in [0.29, 0.717) is 16.7 Å². The van der Waals surface area contributed by atoms with Crippen LogP contribution in [0.2, 0.25) is 0 Å². The number of nitrogens with zero attached hydrogens (tertiary/aromatic N) is 1. The Hall–Kier alpha value is -0.420. The first-order chi connectivity index (χ1) is 5.24. The molecule has 0 saturated heterocycles. The highest BCUT2D eigenvalue weighted by molar-refractivity contribution is 9.11. The maximum absolute atomic E-state index is 10.1. The molecular weight excluding hydrogens is 276 g/mol. The minimum Gasteiger partial charge on any atom is -0.326 e. The van der Waals surface area contributed by atoms with Crippen LogP contribution in [0.25, 0.3) is 0 Å². The average Bonchev–Trinajstić information content (AvgIpc) is 1.98. The van der Waals surface area contributed by atoms with Crippen molar-refractivity contribution in [3.05, 3.63) is 21.3 Å². The Morgan fingerprint density at radius 3 is 2.91 bits per heavy atom. The number of hydrogen-bond donors (Lipinski definition) is 1. The molecule has 0 radical (unpaired) electrons. The Balaban J connectivity index is 3.01. The molecule has 0 unspecified atom stereocenters. The van der Waals surface area contributed by atoms with E-state index in [-0.39, 0.29) is 0 Å². The fourth-order valence-corrected chi connectivity index (χ4v) is 1.25. The van der Waals surface area contributed by atoms with E-state index in [1.54, 1.807) is 12.3 Å². The molecule has 0 aromatic carbocycles. The lowest BCUT2D eigenvalue weighted by atomic mass is 10.4. The molecule has 0 bridgehead atoms. The zero-order valence-electron chi connectivity index (χ0n) is 5.34. The highest BCUT2D eigenvalue weighted by atomic mass is 79.9. The average molecular weight is 280 g/mol. The molecule has 1 rings (SSSR count). The number of rotatable bonds is 2. The summed E-state index contributed by atoms with van der Waals surface area (Å²) in [6.07, 6.45) is 2.24. The van der Waals surface area contributed by atoms with Crippen LogP contribution >= 0.6 is 31.9 Å². The third-order valence-corrected chi connectivity index (χ3v) is 2.09. The summed E-state index contributed by atoms with van der Waals surface area (Å²) in [6.45, 7) is 0. The highest BCUT2D eigenvalue weighted by Crippen LogP contribution is 2.22. The van der Waals surface area contributed by atoms with Crippen LogP contribution in [0.4, 0.5) is 5.69 Å². The molecule has 0 aliphatic carbocycles. The van der Waals surface area contributed by atoms with Crippen LogP contribution in [-0.4, -0.2) is 11.4 Å². The van der Waals surface area contributed by atoms with E-state index in [2.05, 4.69) is 42.2 Å². The largest absolute Gasteiger partial charge is 0.326 e. The molecule has 1 aromatic heterocycles. The molecule has 3 nitrogen and oxygen atoms in total. The normalized spacial score (nSPS) is 9.27. The number of carbonyl (C=O) groups is 1. The third-order valence-electron chi connectivity index (χ3n) is 1.02. The second kappa shape index (κ2) is 3.82. The molecule has 11 heavy (non-hydrogen) atoms. The van der Waals surface area contributed by atoms with Crippen LogP contribution in [0.3, 0.4) is 0 Å². The first-order valence-electron chi connectivity index (χ1n) is 2.75. The minimum atomic E-state index is 0.605. The van der Waals surface area contributed by atoms with Crippen molar-refractivity contribution in [1.82, 2.24) is 4.98 Å². The summed E-state index contributed by atoms with van der Waals surface area (Å²) < 4.78 is 1.44. The van der Waals surface area contributed by atoms with E-state index in [9.17, 15) is 4.79 Å². The van der Waals surface area contributed by atoms with Gasteiger partial charge >= 0.3 is 0 Å². The second-order valence-corrected chi connectivity index (χ2v) is 3.42. The number of anilines is 1. The van der Waals surface area contributed by atoms with Crippen molar-refractivity contribution in [2.45, 2.75) is 0 Å². The summed E-state index contributed by atoms with van der Waals surface area (Å²) in [7, 11) is 0. The summed E-state index contributed by atoms with van der Waals surface area (Å²) >= 11 is 6.41. The maximum Gasteiger partial charge on any atom is 0.211 e. The highest BCUT2D eigenvalue weighted by Gasteiger charge is 1.99. The smallest absolute Gasteiger partial charge is 0.211 e. The molecule has 0 fully saturated rings. The number of amides is 1. The van der Waals surface area contributed by atoms with E-state index in [1.165, 1.54) is 0 Å². The standard InChI is InChI=1S/C6H4Br2N2O/c7-4-1-5(10-3-11)6(8)9-2-4/h1-3H,(H,10,11). The fraction of sp³-hybridized carbons (Fsp3) is 0. The lowest BCUT2D eigenvalue weighted by Crippen LogP contribution is -1.95. The predicted octanol–water partition coefficient (Wildman–Crippen LogP) is 2.17. The number of nitrogens with one attached hydrogen (secondary N) is 1. The van der Waals surface area contributed by atoms with Crippen LogP contribution in [0.15, 0.2) is 21.3 Å². The quantitative estimate of drug-likeness (QED) is 0.666. The van der Waals surface area contributed by atoms with Gasteiger partial charge in [0.2, 0.25) is 6.41 Å². The minimum absolute atomic E-state index is 0.605. The molecule has 0 spiro atoms. The molecule has 0 aliphatic rings. The van der Waals surface area contributed by atoms with E-state index in [1.807, 2.05) is 0 Å². The Morgan fingerprint density at radius 1 is 1.55 bits per heavy atom. The Kier molecular flexibility index (Phi) is 3.02. The van der Waals surface area contributed by atoms with Gasteiger partial charge in [0.15, 0.2) is 0 Å². The molecule has 0 atom stereocenters. The van der Waals surface area contributed by atoms with Crippen LogP contribution in [0.5, 0.6) is 0 Å². The molecule has 1 aromatic rings. The van der Waals surface area contributed by atoms with E-state index in [4.69, 9.17) is 0 Å². The molecule has 1 heterocycles. The fourth-order valence-electron chi connectivity index (χ4n) is 0.587. The molecule has 5 heteroatoms. The number of carbonyl (C=O) groups excluding carboxylic acids is 1. The van der Waals surface area contributed by atoms with Gasteiger partial charge in [0.05, 0.1) is 5.69 Å². The topological polar surface area (TPSA) is 42.0 Å². The molecule has 0 saturated carbocycles. The maximum atomic E-state index is 10.1. The predicted molar refractivity (Wildman–Crippen MR) is 49.3 cm³/mol. The molecular formula is C6H4Br2N2O. The number of hydrogen-bond acceptors (Lipinski definition) is 2. The van der Waals surface area contributed by atoms with Crippen molar-refractivity contribution < 1.29 is 4.79 Å². The van der Waals surface area contributed by atoms with Crippen LogP contribution in [-0.2, 0) is 4.79 Å². The third kappa shape index (κ3) is 2.27. The van der Waals surface area contributed by atoms with Crippen molar-refractivity contribution >= 4 is 44.0 Å². The van der Waals surface area contributed by atoms with Crippen molar-refractivity contribution in [2.24, 2.45) is 0 Å². The second-order valence-electron chi connectivity index (χ2n) is 1.75. The van der Waals surface area contributed by atoms with Gasteiger partial charge in [-0.3, -0.25) is 4.79 Å². The van der Waals surface area contributed by atoms with Crippen molar-refractivity contribution in [3.8, 4) is 0 Å². The number of pyridine rings is 1. The summed E-state index contributed by atoms with van der Waals surface area (Å²) in [6, 6.07) is 1.76. The lowest BCUT2D eigenvalue weighted by molar-refractivity contribution is -0.105. The Bertz CT molecular complexity index is 277. The van der Waals surface area contributed by atoms with Crippen molar-refractivity contribution in [3.63, 3.8) is 0 Å². The van der Waals surface area contributed by atoms with Gasteiger partial charge in [-0.15, -0.1) is 0 Å². The summed E-state index contributed by atoms with van der Waals surface area (Å²) in [5.41, 5.74) is 0.648. The van der Waals surface area contributed by atoms with Crippen molar-refractivity contribution in [2.75, 3.05) is 5.32 Å². The summed E-state index contributed by atoms with van der Waals surface area (Å²) in [5, 5.41) is 2.50. The van der Waals surface area contributed by atoms with Gasteiger partial charge in [-0.05, 0) is 37.9 Å². The molecule has 1 N–H and O–H groups in total. The number of halogens is 2. The molecule has 58 valence electrons. The summed E-state index contributed by atoms with van der Waals surface area (Å²) in [4.78, 5) is 14.0. The monoisotopic (exact) mass is 278 g/mol. The van der Waals surface area contributed by atoms with Crippen molar-refractivity contribution in [1.29, 1.82) is 0 Å². The van der Waals surface area contributed by atoms with E-state index >= 15 is 0 Å². The van der Waals surface area contributed by atoms with Gasteiger partial charge in [0.25, 0.3) is 0 Å². The van der Waals surface area contributed by atoms with Gasteiger partial charge in [-0.1, -0.05) is 0 Å². The van der Waals surface area contributed by atoms with Gasteiger partial charge in [-0.2, -0.15) is 0 Å². The Labute approximate surface area is 80.5 Å². The number of aromatic nitrogens is 1. The van der Waals surface area contributed by atoms with Gasteiger partial charge in [0, 0.05) is 10.7 Å². The van der Waals surface area contributed by atoms with Gasteiger partial charge in [0.1, 0.15) is 4.60 Å². The van der Waals surface area contributed by atoms with Gasteiger partial charge in [-0.25, -0.2) is 4.98 Å². The first-order valence-corrected chi connectivity index (χ1v) is 4.34. The zero-order valence-corrected chi connectivity index (χ0v) is 8.52.